The molecule has 0 amide bonds. The summed E-state index contributed by atoms with van der Waals surface area (Å²) in [6, 6.07) is 64.0. The number of rotatable bonds is 8. The number of aromatic nitrogens is 15. The number of benzene rings is 8. The highest BCUT2D eigenvalue weighted by Crippen LogP contribution is 2.40. The molecule has 0 unspecified atom stereocenters. The van der Waals surface area contributed by atoms with Gasteiger partial charge in [-0.05, 0) is 163 Å². The second kappa shape index (κ2) is 29.7. The minimum absolute atomic E-state index is 0.00106. The minimum atomic E-state index is -0.594. The molecule has 0 aliphatic carbocycles. The van der Waals surface area contributed by atoms with E-state index in [1.807, 2.05) is 174 Å². The van der Waals surface area contributed by atoms with Gasteiger partial charge in [0.1, 0.15) is 51.7 Å². The molecule has 0 radical (unpaired) electrons. The van der Waals surface area contributed by atoms with Gasteiger partial charge in [-0.3, -0.25) is 24.5 Å². The normalized spacial score (nSPS) is 11.4. The summed E-state index contributed by atoms with van der Waals surface area (Å²) < 4.78 is 113. The molecule has 0 aliphatic heterocycles. The van der Waals surface area contributed by atoms with Crippen molar-refractivity contribution < 1.29 is 30.7 Å². The summed E-state index contributed by atoms with van der Waals surface area (Å²) in [6.07, 6.45) is 10.6. The van der Waals surface area contributed by atoms with E-state index in [0.29, 0.717) is 78.3 Å². The number of pyridine rings is 7. The standard InChI is InChI=1S/2C24H17F2N3.C22H14F2N4.C22H16FN5/c1-14-13-29(21-11-15(2)27-12-18(14)21)24-17-8-4-6-10-20(17)28-23(22(24)26)16-7-3-5-9-19(16)25;1-14-13-21-16(15(2)27-14)11-12-29(21)24-18-8-4-6-10-20(18)28-23(22(24)26)17-7-3-5-9-19(17)25;1-13-26-18-12-25-11-10-19(18)28(13)22-15-7-3-5-9-17(15)27-21(20(22)24)14-6-2-4-8-16(14)23;1-13-11-20-17(12-24-13)14(2)27-28(20)22-16-8-4-6-10-19(16)25-21(26-22)15-7-3-5-9-18(15)23/h2*3-13H,1-2H3;2-12H,1H3;3-12H,1-2H3. The molecule has 15 nitrogen and oxygen atoms in total. The molecule has 0 aliphatic rings. The molecule has 114 heavy (non-hydrogen) atoms. The van der Waals surface area contributed by atoms with Gasteiger partial charge in [0.2, 0.25) is 0 Å². The van der Waals surface area contributed by atoms with E-state index in [-0.39, 0.29) is 39.6 Å². The van der Waals surface area contributed by atoms with Crippen molar-refractivity contribution in [1.82, 2.24) is 73.3 Å². The van der Waals surface area contributed by atoms with Crippen LogP contribution in [0.5, 0.6) is 0 Å². The van der Waals surface area contributed by atoms with Gasteiger partial charge in [-0.15, -0.1) is 0 Å². The quantitative estimate of drug-likeness (QED) is 0.133. The van der Waals surface area contributed by atoms with Gasteiger partial charge in [0.05, 0.1) is 78.6 Å². The molecule has 556 valence electrons. The predicted octanol–water partition coefficient (Wildman–Crippen LogP) is 22.3. The summed E-state index contributed by atoms with van der Waals surface area (Å²) in [7, 11) is 0. The van der Waals surface area contributed by atoms with Crippen LogP contribution in [0, 0.1) is 89.2 Å². The molecular formula is C92H64F7N15. The number of para-hydroxylation sites is 4. The second-order valence-corrected chi connectivity index (χ2v) is 27.4. The van der Waals surface area contributed by atoms with E-state index in [4.69, 9.17) is 10.1 Å². The lowest BCUT2D eigenvalue weighted by molar-refractivity contribution is 0.608. The fourth-order valence-electron chi connectivity index (χ4n) is 14.7. The highest BCUT2D eigenvalue weighted by atomic mass is 19.2. The highest BCUT2D eigenvalue weighted by Gasteiger charge is 2.27. The van der Waals surface area contributed by atoms with Crippen molar-refractivity contribution in [3.63, 3.8) is 0 Å². The van der Waals surface area contributed by atoms with Crippen LogP contribution in [-0.2, 0) is 0 Å². The predicted molar refractivity (Wildman–Crippen MR) is 433 cm³/mol. The fraction of sp³-hybridized carbons (Fsp3) is 0.0761. The maximum absolute atomic E-state index is 15.9. The topological polar surface area (TPSA) is 162 Å². The molecule has 20 aromatic rings. The minimum Gasteiger partial charge on any atom is -0.313 e. The Hall–Kier alpha value is -14.5. The van der Waals surface area contributed by atoms with Crippen molar-refractivity contribution in [1.29, 1.82) is 0 Å². The van der Waals surface area contributed by atoms with Crippen molar-refractivity contribution in [2.45, 2.75) is 48.5 Å². The Morgan fingerprint density at radius 3 is 1.30 bits per heavy atom. The Bertz CT molecular complexity index is 7220. The Kier molecular flexibility index (Phi) is 18.8. The van der Waals surface area contributed by atoms with Gasteiger partial charge < -0.3 is 9.13 Å². The zero-order valence-corrected chi connectivity index (χ0v) is 62.2. The number of aryl methyl sites for hydroxylation is 7. The van der Waals surface area contributed by atoms with Crippen LogP contribution in [-0.4, -0.2) is 73.3 Å². The van der Waals surface area contributed by atoms with E-state index in [9.17, 15) is 17.6 Å². The second-order valence-electron chi connectivity index (χ2n) is 27.4. The molecular weight excluding hydrogens is 1450 g/mol. The van der Waals surface area contributed by atoms with Crippen LogP contribution in [0.4, 0.5) is 30.7 Å². The summed E-state index contributed by atoms with van der Waals surface area (Å²) in [5.74, 6) is -2.04. The molecule has 0 atom stereocenters. The fourth-order valence-corrected chi connectivity index (χ4v) is 14.7. The molecule has 0 bridgehead atoms. The van der Waals surface area contributed by atoms with Crippen molar-refractivity contribution in [2.75, 3.05) is 0 Å². The van der Waals surface area contributed by atoms with Crippen LogP contribution in [0.25, 0.3) is 155 Å². The first-order valence-corrected chi connectivity index (χ1v) is 36.4. The maximum atomic E-state index is 15.9. The summed E-state index contributed by atoms with van der Waals surface area (Å²) in [5, 5.41) is 10.4. The smallest absolute Gasteiger partial charge is 0.174 e. The van der Waals surface area contributed by atoms with Crippen molar-refractivity contribution >= 4 is 87.4 Å². The van der Waals surface area contributed by atoms with Gasteiger partial charge in [0.15, 0.2) is 29.1 Å². The van der Waals surface area contributed by atoms with Crippen LogP contribution in [0.3, 0.4) is 0 Å². The molecule has 0 N–H and O–H groups in total. The van der Waals surface area contributed by atoms with Gasteiger partial charge in [-0.1, -0.05) is 115 Å². The lowest BCUT2D eigenvalue weighted by atomic mass is 10.1. The van der Waals surface area contributed by atoms with E-state index < -0.39 is 34.9 Å². The summed E-state index contributed by atoms with van der Waals surface area (Å²) in [5.41, 5.74) is 13.6. The Morgan fingerprint density at radius 2 is 0.754 bits per heavy atom. The summed E-state index contributed by atoms with van der Waals surface area (Å²) in [4.78, 5) is 44.5. The van der Waals surface area contributed by atoms with Crippen molar-refractivity contribution in [3.8, 4) is 68.0 Å². The number of nitrogens with zero attached hydrogens (tertiary/aromatic N) is 15. The van der Waals surface area contributed by atoms with E-state index in [0.717, 1.165) is 83.2 Å². The highest BCUT2D eigenvalue weighted by molar-refractivity contribution is 5.98. The lowest BCUT2D eigenvalue weighted by Gasteiger charge is -2.15. The molecule has 0 saturated carbocycles. The van der Waals surface area contributed by atoms with Gasteiger partial charge in [0, 0.05) is 108 Å². The summed E-state index contributed by atoms with van der Waals surface area (Å²) in [6.45, 7) is 13.4. The molecule has 20 rings (SSSR count). The maximum Gasteiger partial charge on any atom is 0.174 e. The Labute approximate surface area is 646 Å². The molecule has 12 aromatic heterocycles. The first-order chi connectivity index (χ1) is 55.3. The van der Waals surface area contributed by atoms with Gasteiger partial charge in [-0.2, -0.15) is 5.10 Å². The van der Waals surface area contributed by atoms with E-state index in [2.05, 4.69) is 44.9 Å². The van der Waals surface area contributed by atoms with Crippen LogP contribution < -0.4 is 0 Å². The first-order valence-electron chi connectivity index (χ1n) is 36.4. The number of imidazole rings is 1. The van der Waals surface area contributed by atoms with Crippen LogP contribution in [0.2, 0.25) is 0 Å². The van der Waals surface area contributed by atoms with Gasteiger partial charge in [0.25, 0.3) is 0 Å². The van der Waals surface area contributed by atoms with Crippen LogP contribution >= 0.6 is 0 Å². The average molecular weight is 1510 g/mol. The number of halogens is 7. The van der Waals surface area contributed by atoms with Crippen LogP contribution in [0.1, 0.15) is 39.9 Å². The van der Waals surface area contributed by atoms with E-state index in [1.54, 1.807) is 124 Å². The Morgan fingerprint density at radius 1 is 0.316 bits per heavy atom. The van der Waals surface area contributed by atoms with Crippen molar-refractivity contribution in [2.24, 2.45) is 0 Å². The third kappa shape index (κ3) is 13.1. The Balaban J connectivity index is 0.000000110. The number of hydrogen-bond donors (Lipinski definition) is 0. The number of fused-ring (bicyclic) bond motifs is 8. The molecule has 8 aromatic carbocycles. The van der Waals surface area contributed by atoms with Crippen LogP contribution in [0.15, 0.2) is 262 Å². The average Bonchev–Trinajstić information content (AvgIpc) is 1.28. The van der Waals surface area contributed by atoms with E-state index in [1.165, 1.54) is 30.3 Å². The third-order valence-corrected chi connectivity index (χ3v) is 20.0. The van der Waals surface area contributed by atoms with Gasteiger partial charge in [-0.25, -0.2) is 65.3 Å². The molecule has 22 heteroatoms. The SMILES string of the molecule is Cc1cc2c(ccn2-c2c(F)c(-c3ccccc3F)nc3ccccc23)c(C)n1.Cc1cc2c(cn1)c(C)cn2-c1c(F)c(-c2ccccc2F)nc2ccccc12.Cc1cc2c(cn1)c(C)nn2-c1nc(-c2ccccc2F)nc2ccccc12.Cc1nc2cnccc2n1-c1c(F)c(-c2ccccc2F)nc2ccccc12. The summed E-state index contributed by atoms with van der Waals surface area (Å²) >= 11 is 0. The monoisotopic (exact) mass is 1510 g/mol. The zero-order chi connectivity index (χ0) is 78.7. The number of hydrogen-bond acceptors (Lipinski definition) is 11. The molecule has 0 saturated heterocycles. The molecule has 0 spiro atoms. The van der Waals surface area contributed by atoms with Gasteiger partial charge >= 0.3 is 0 Å². The molecule has 12 heterocycles. The van der Waals surface area contributed by atoms with E-state index >= 15 is 13.2 Å². The van der Waals surface area contributed by atoms with Crippen molar-refractivity contribution in [3.05, 3.63) is 342 Å². The zero-order valence-electron chi connectivity index (χ0n) is 62.2. The first kappa shape index (κ1) is 72.3. The lowest BCUT2D eigenvalue weighted by Crippen LogP contribution is -2.05. The largest absolute Gasteiger partial charge is 0.313 e. The molecule has 0 fully saturated rings. The third-order valence-electron chi connectivity index (χ3n) is 20.0.